The Hall–Kier alpha value is -1.89. The van der Waals surface area contributed by atoms with Crippen LogP contribution in [-0.2, 0) is 11.3 Å². The average molecular weight is 268 g/mol. The number of methoxy groups -OCH3 is 1. The molecule has 0 saturated heterocycles. The molecule has 0 aliphatic carbocycles. The van der Waals surface area contributed by atoms with E-state index in [1.54, 1.807) is 7.11 Å². The SMILES string of the molecule is COCCN(CCC#N)Cc1cccc2ccccc12. The molecule has 2 rings (SSSR count). The minimum atomic E-state index is 0.550. The van der Waals surface area contributed by atoms with Gasteiger partial charge in [0, 0.05) is 33.2 Å². The molecule has 0 N–H and O–H groups in total. The predicted octanol–water partition coefficient (Wildman–Crippen LogP) is 3.20. The van der Waals surface area contributed by atoms with Gasteiger partial charge in [-0.15, -0.1) is 0 Å². The third-order valence-electron chi connectivity index (χ3n) is 3.43. The maximum Gasteiger partial charge on any atom is 0.0635 e. The van der Waals surface area contributed by atoms with Crippen LogP contribution >= 0.6 is 0 Å². The first-order valence-electron chi connectivity index (χ1n) is 6.90. The maximum absolute atomic E-state index is 8.77. The number of rotatable bonds is 7. The Morgan fingerprint density at radius 3 is 2.70 bits per heavy atom. The molecule has 0 fully saturated rings. The standard InChI is InChI=1S/C17H20N2O/c1-20-13-12-19(11-5-10-18)14-16-8-4-7-15-6-2-3-9-17(15)16/h2-4,6-9H,5,11-14H2,1H3. The number of hydrogen-bond acceptors (Lipinski definition) is 3. The highest BCUT2D eigenvalue weighted by atomic mass is 16.5. The molecule has 0 bridgehead atoms. The molecular weight excluding hydrogens is 248 g/mol. The van der Waals surface area contributed by atoms with Crippen LogP contribution in [0.4, 0.5) is 0 Å². The molecule has 0 heterocycles. The lowest BCUT2D eigenvalue weighted by molar-refractivity contribution is 0.145. The van der Waals surface area contributed by atoms with Crippen LogP contribution < -0.4 is 0 Å². The van der Waals surface area contributed by atoms with Gasteiger partial charge in [-0.05, 0) is 16.3 Å². The van der Waals surface area contributed by atoms with Crippen molar-refractivity contribution in [3.05, 3.63) is 48.0 Å². The lowest BCUT2D eigenvalue weighted by Gasteiger charge is -2.21. The van der Waals surface area contributed by atoms with E-state index in [4.69, 9.17) is 10.00 Å². The summed E-state index contributed by atoms with van der Waals surface area (Å²) in [5.74, 6) is 0. The molecule has 3 nitrogen and oxygen atoms in total. The summed E-state index contributed by atoms with van der Waals surface area (Å²) in [6, 6.07) is 17.0. The van der Waals surface area contributed by atoms with Gasteiger partial charge in [0.1, 0.15) is 0 Å². The van der Waals surface area contributed by atoms with Gasteiger partial charge in [0.05, 0.1) is 12.7 Å². The first-order valence-corrected chi connectivity index (χ1v) is 6.90. The van der Waals surface area contributed by atoms with E-state index in [1.165, 1.54) is 16.3 Å². The van der Waals surface area contributed by atoms with Crippen LogP contribution in [0.2, 0.25) is 0 Å². The fourth-order valence-electron chi connectivity index (χ4n) is 2.37. The summed E-state index contributed by atoms with van der Waals surface area (Å²) in [5, 5.41) is 11.3. The highest BCUT2D eigenvalue weighted by Crippen LogP contribution is 2.20. The van der Waals surface area contributed by atoms with Crippen LogP contribution in [0.25, 0.3) is 10.8 Å². The maximum atomic E-state index is 8.77. The lowest BCUT2D eigenvalue weighted by atomic mass is 10.0. The molecule has 0 unspecified atom stereocenters. The zero-order valence-electron chi connectivity index (χ0n) is 11.9. The number of nitrogens with zero attached hydrogens (tertiary/aromatic N) is 2. The minimum Gasteiger partial charge on any atom is -0.383 e. The van der Waals surface area contributed by atoms with Crippen molar-refractivity contribution in [3.63, 3.8) is 0 Å². The van der Waals surface area contributed by atoms with Crippen molar-refractivity contribution in [2.24, 2.45) is 0 Å². The fourth-order valence-corrected chi connectivity index (χ4v) is 2.37. The van der Waals surface area contributed by atoms with E-state index >= 15 is 0 Å². The monoisotopic (exact) mass is 268 g/mol. The van der Waals surface area contributed by atoms with E-state index in [0.717, 1.165) is 19.6 Å². The van der Waals surface area contributed by atoms with Crippen LogP contribution in [0.5, 0.6) is 0 Å². The summed E-state index contributed by atoms with van der Waals surface area (Å²) in [4.78, 5) is 2.27. The molecule has 0 aliphatic heterocycles. The number of hydrogen-bond donors (Lipinski definition) is 0. The number of fused-ring (bicyclic) bond motifs is 1. The van der Waals surface area contributed by atoms with Gasteiger partial charge in [-0.3, -0.25) is 4.90 Å². The Labute approximate surface area is 120 Å². The Morgan fingerprint density at radius 1 is 1.10 bits per heavy atom. The second-order valence-corrected chi connectivity index (χ2v) is 4.82. The molecule has 2 aromatic carbocycles. The molecule has 2 aromatic rings. The van der Waals surface area contributed by atoms with Crippen molar-refractivity contribution in [2.75, 3.05) is 26.8 Å². The molecule has 0 aliphatic rings. The zero-order valence-corrected chi connectivity index (χ0v) is 11.9. The second-order valence-electron chi connectivity index (χ2n) is 4.82. The van der Waals surface area contributed by atoms with Crippen LogP contribution in [0.15, 0.2) is 42.5 Å². The Bertz CT molecular complexity index is 584. The average Bonchev–Trinajstić information content (AvgIpc) is 2.50. The van der Waals surface area contributed by atoms with Gasteiger partial charge in [-0.2, -0.15) is 5.26 Å². The first kappa shape index (κ1) is 14.5. The third-order valence-corrected chi connectivity index (χ3v) is 3.43. The van der Waals surface area contributed by atoms with E-state index in [1.807, 2.05) is 0 Å². The molecule has 3 heteroatoms. The Morgan fingerprint density at radius 2 is 1.90 bits per heavy atom. The van der Waals surface area contributed by atoms with E-state index in [-0.39, 0.29) is 0 Å². The number of benzene rings is 2. The smallest absolute Gasteiger partial charge is 0.0635 e. The Balaban J connectivity index is 2.17. The Kier molecular flexibility index (Phi) is 5.55. The normalized spacial score (nSPS) is 10.8. The minimum absolute atomic E-state index is 0.550. The van der Waals surface area contributed by atoms with Gasteiger partial charge < -0.3 is 4.74 Å². The van der Waals surface area contributed by atoms with Gasteiger partial charge in [0.25, 0.3) is 0 Å². The molecular formula is C17H20N2O. The van der Waals surface area contributed by atoms with Crippen molar-refractivity contribution in [1.29, 1.82) is 5.26 Å². The number of nitriles is 1. The molecule has 0 amide bonds. The first-order chi connectivity index (χ1) is 9.85. The van der Waals surface area contributed by atoms with E-state index < -0.39 is 0 Å². The molecule has 0 aromatic heterocycles. The molecule has 0 radical (unpaired) electrons. The van der Waals surface area contributed by atoms with Crippen LogP contribution in [0, 0.1) is 11.3 Å². The summed E-state index contributed by atoms with van der Waals surface area (Å²) < 4.78 is 5.15. The quantitative estimate of drug-likeness (QED) is 0.773. The topological polar surface area (TPSA) is 36.3 Å². The van der Waals surface area contributed by atoms with Crippen LogP contribution in [-0.4, -0.2) is 31.7 Å². The van der Waals surface area contributed by atoms with Crippen LogP contribution in [0.1, 0.15) is 12.0 Å². The van der Waals surface area contributed by atoms with Crippen molar-refractivity contribution in [3.8, 4) is 6.07 Å². The second kappa shape index (κ2) is 7.64. The molecule has 0 atom stereocenters. The molecule has 20 heavy (non-hydrogen) atoms. The highest BCUT2D eigenvalue weighted by Gasteiger charge is 2.08. The van der Waals surface area contributed by atoms with Crippen molar-refractivity contribution in [2.45, 2.75) is 13.0 Å². The highest BCUT2D eigenvalue weighted by molar-refractivity contribution is 5.85. The summed E-state index contributed by atoms with van der Waals surface area (Å²) in [7, 11) is 1.71. The van der Waals surface area contributed by atoms with Gasteiger partial charge in [0.15, 0.2) is 0 Å². The molecule has 0 saturated carbocycles. The molecule has 0 spiro atoms. The number of ether oxygens (including phenoxy) is 1. The van der Waals surface area contributed by atoms with E-state index in [0.29, 0.717) is 13.0 Å². The summed E-state index contributed by atoms with van der Waals surface area (Å²) >= 11 is 0. The fraction of sp³-hybridized carbons (Fsp3) is 0.353. The summed E-state index contributed by atoms with van der Waals surface area (Å²) in [6.07, 6.45) is 0.550. The summed E-state index contributed by atoms with van der Waals surface area (Å²) in [5.41, 5.74) is 1.30. The summed E-state index contributed by atoms with van der Waals surface area (Å²) in [6.45, 7) is 3.17. The van der Waals surface area contributed by atoms with Gasteiger partial charge in [-0.25, -0.2) is 0 Å². The van der Waals surface area contributed by atoms with Crippen molar-refractivity contribution >= 4 is 10.8 Å². The van der Waals surface area contributed by atoms with Gasteiger partial charge in [0.2, 0.25) is 0 Å². The third kappa shape index (κ3) is 3.80. The molecule has 104 valence electrons. The van der Waals surface area contributed by atoms with E-state index in [9.17, 15) is 0 Å². The van der Waals surface area contributed by atoms with E-state index in [2.05, 4.69) is 53.4 Å². The van der Waals surface area contributed by atoms with Crippen molar-refractivity contribution < 1.29 is 4.74 Å². The largest absolute Gasteiger partial charge is 0.383 e. The predicted molar refractivity (Wildman–Crippen MR) is 81.3 cm³/mol. The van der Waals surface area contributed by atoms with Crippen molar-refractivity contribution in [1.82, 2.24) is 4.90 Å². The van der Waals surface area contributed by atoms with Crippen LogP contribution in [0.3, 0.4) is 0 Å². The van der Waals surface area contributed by atoms with Gasteiger partial charge in [-0.1, -0.05) is 42.5 Å². The van der Waals surface area contributed by atoms with Gasteiger partial charge >= 0.3 is 0 Å². The lowest BCUT2D eigenvalue weighted by Crippen LogP contribution is -2.28. The zero-order chi connectivity index (χ0) is 14.2.